The molecule has 0 spiro atoms. The number of carbonyl (C=O) groups excluding carboxylic acids is 1. The van der Waals surface area contributed by atoms with E-state index in [-0.39, 0.29) is 31.6 Å². The molecule has 2 aromatic carbocycles. The third kappa shape index (κ3) is 9.41. The number of nitrogens with zero attached hydrogens (tertiary/aromatic N) is 4. The van der Waals surface area contributed by atoms with Crippen molar-refractivity contribution >= 4 is 24.5 Å². The van der Waals surface area contributed by atoms with Crippen molar-refractivity contribution in [3.8, 4) is 23.1 Å². The second-order valence-electron chi connectivity index (χ2n) is 9.12. The molecule has 0 fully saturated rings. The van der Waals surface area contributed by atoms with E-state index in [0.717, 1.165) is 35.3 Å². The van der Waals surface area contributed by atoms with Crippen LogP contribution < -0.4 is 21.1 Å². The Labute approximate surface area is 247 Å². The summed E-state index contributed by atoms with van der Waals surface area (Å²) in [4.78, 5) is 32.5. The smallest absolute Gasteiger partial charge is 0.290 e. The van der Waals surface area contributed by atoms with Crippen molar-refractivity contribution in [2.75, 3.05) is 18.4 Å². The maximum Gasteiger partial charge on any atom is 0.290 e. The molecule has 3 heterocycles. The molecule has 13 heteroatoms. The van der Waals surface area contributed by atoms with E-state index in [0.29, 0.717) is 18.0 Å². The number of carbonyl (C=O) groups is 3. The van der Waals surface area contributed by atoms with Crippen LogP contribution in [0, 0.1) is 11.3 Å². The molecule has 0 radical (unpaired) electrons. The van der Waals surface area contributed by atoms with Crippen LogP contribution in [0.5, 0.6) is 5.88 Å². The summed E-state index contributed by atoms with van der Waals surface area (Å²) >= 11 is 0. The molecule has 43 heavy (non-hydrogen) atoms. The fourth-order valence-electron chi connectivity index (χ4n) is 4.41. The number of carboxylic acid groups (broad SMARTS) is 2. The van der Waals surface area contributed by atoms with Gasteiger partial charge in [-0.05, 0) is 42.3 Å². The first-order valence-corrected chi connectivity index (χ1v) is 13.1. The molecule has 2 aromatic heterocycles. The van der Waals surface area contributed by atoms with Crippen LogP contribution in [0.25, 0.3) is 11.1 Å². The predicted octanol–water partition coefficient (Wildman–Crippen LogP) is 2.45. The molecule has 4 aromatic rings. The number of fused-ring (bicyclic) bond motifs is 1. The van der Waals surface area contributed by atoms with Crippen molar-refractivity contribution < 1.29 is 29.3 Å². The Balaban J connectivity index is 0.000000780. The number of amides is 1. The number of anilines is 1. The Morgan fingerprint density at radius 2 is 1.84 bits per heavy atom. The zero-order chi connectivity index (χ0) is 31.0. The lowest BCUT2D eigenvalue weighted by Gasteiger charge is -2.33. The van der Waals surface area contributed by atoms with Crippen LogP contribution in [0.3, 0.4) is 0 Å². The van der Waals surface area contributed by atoms with Crippen LogP contribution in [0.4, 0.5) is 5.69 Å². The van der Waals surface area contributed by atoms with Gasteiger partial charge in [-0.2, -0.15) is 10.4 Å². The van der Waals surface area contributed by atoms with E-state index in [2.05, 4.69) is 38.9 Å². The first kappa shape index (κ1) is 31.8. The van der Waals surface area contributed by atoms with Gasteiger partial charge in [0, 0.05) is 23.5 Å². The zero-order valence-corrected chi connectivity index (χ0v) is 23.0. The Hall–Kier alpha value is -5.74. The van der Waals surface area contributed by atoms with Crippen LogP contribution in [0.2, 0.25) is 0 Å². The highest BCUT2D eigenvalue weighted by atomic mass is 16.5. The number of benzene rings is 2. The van der Waals surface area contributed by atoms with Crippen LogP contribution in [0.15, 0.2) is 79.3 Å². The summed E-state index contributed by atoms with van der Waals surface area (Å²) in [5, 5.41) is 34.1. The number of pyridine rings is 1. The summed E-state index contributed by atoms with van der Waals surface area (Å²) in [7, 11) is 0. The van der Waals surface area contributed by atoms with Crippen LogP contribution >= 0.6 is 0 Å². The summed E-state index contributed by atoms with van der Waals surface area (Å²) in [6.07, 6.45) is 5.85. The van der Waals surface area contributed by atoms with Gasteiger partial charge in [-0.15, -0.1) is 0 Å². The van der Waals surface area contributed by atoms with Gasteiger partial charge >= 0.3 is 0 Å². The van der Waals surface area contributed by atoms with Gasteiger partial charge in [0.2, 0.25) is 11.8 Å². The van der Waals surface area contributed by atoms with Gasteiger partial charge < -0.3 is 31.3 Å². The molecule has 2 atom stereocenters. The van der Waals surface area contributed by atoms with Crippen molar-refractivity contribution in [1.29, 1.82) is 5.26 Å². The first-order chi connectivity index (χ1) is 20.9. The highest BCUT2D eigenvalue weighted by molar-refractivity contribution is 5.74. The number of primary amides is 1. The molecule has 1 aliphatic rings. The lowest BCUT2D eigenvalue weighted by atomic mass is 9.99. The minimum atomic E-state index is -0.446. The Morgan fingerprint density at radius 1 is 1.14 bits per heavy atom. The maximum atomic E-state index is 11.2. The number of nitrogens with two attached hydrogens (primary N) is 1. The van der Waals surface area contributed by atoms with Gasteiger partial charge in [0.1, 0.15) is 12.6 Å². The van der Waals surface area contributed by atoms with E-state index >= 15 is 0 Å². The number of rotatable bonds is 9. The van der Waals surface area contributed by atoms with Crippen LogP contribution in [-0.2, 0) is 27.3 Å². The standard InChI is InChI=1S/C28H27N7O2.2CH2O2/c29-13-20-8-6-19(7-9-20)10-11-31-27(21-4-2-1-3-5-21)25-16-32-24-12-22(14-33-28(24)37-25)23-15-34-35(17-23)18-26(30)36;2*2-1-3/h1-9,12,14-15,17,25,27,31-32H,10-11,16,18H2,(H2,30,36);2*1H,(H,2,3)/t25-,27+;;/m0../s1. The molecule has 222 valence electrons. The molecule has 1 amide bonds. The number of aromatic nitrogens is 3. The largest absolute Gasteiger partial charge is 0.483 e. The summed E-state index contributed by atoms with van der Waals surface area (Å²) in [5.41, 5.74) is 10.7. The van der Waals surface area contributed by atoms with Gasteiger partial charge in [-0.3, -0.25) is 19.1 Å². The topological polar surface area (TPSA) is 205 Å². The van der Waals surface area contributed by atoms with E-state index < -0.39 is 5.91 Å². The molecule has 0 aliphatic carbocycles. The number of nitriles is 1. The quantitative estimate of drug-likeness (QED) is 0.180. The Morgan fingerprint density at radius 3 is 2.49 bits per heavy atom. The lowest BCUT2D eigenvalue weighted by molar-refractivity contribution is -0.123. The molecule has 0 bridgehead atoms. The number of nitrogens with one attached hydrogen (secondary N) is 2. The number of hydrogen-bond donors (Lipinski definition) is 5. The van der Waals surface area contributed by atoms with Crippen molar-refractivity contribution in [3.63, 3.8) is 0 Å². The normalized spacial score (nSPS) is 13.5. The third-order valence-electron chi connectivity index (χ3n) is 6.28. The van der Waals surface area contributed by atoms with E-state index in [1.807, 2.05) is 48.5 Å². The third-order valence-corrected chi connectivity index (χ3v) is 6.28. The fraction of sp³-hybridized carbons (Fsp3) is 0.200. The number of ether oxygens (including phenoxy) is 1. The van der Waals surface area contributed by atoms with Gasteiger partial charge in [0.15, 0.2) is 0 Å². The molecule has 5 rings (SSSR count). The van der Waals surface area contributed by atoms with E-state index in [4.69, 9.17) is 35.5 Å². The summed E-state index contributed by atoms with van der Waals surface area (Å²) in [5.74, 6) is 0.0946. The highest BCUT2D eigenvalue weighted by Gasteiger charge is 2.29. The SMILES string of the molecule is N#Cc1ccc(CCN[C@H](c2ccccc2)[C@@H]2CNc3cc(-c4cnn(CC(N)=O)c4)cnc3O2)cc1.O=CO.O=CO. The van der Waals surface area contributed by atoms with E-state index in [1.54, 1.807) is 18.6 Å². The predicted molar refractivity (Wildman–Crippen MR) is 157 cm³/mol. The summed E-state index contributed by atoms with van der Waals surface area (Å²) in [6, 6.07) is 22.0. The fourth-order valence-corrected chi connectivity index (χ4v) is 4.41. The first-order valence-electron chi connectivity index (χ1n) is 13.1. The van der Waals surface area contributed by atoms with Crippen molar-refractivity contribution in [2.45, 2.75) is 25.1 Å². The maximum absolute atomic E-state index is 11.2. The summed E-state index contributed by atoms with van der Waals surface area (Å²) < 4.78 is 7.88. The molecule has 6 N–H and O–H groups in total. The lowest BCUT2D eigenvalue weighted by Crippen LogP contribution is -2.43. The number of hydrogen-bond acceptors (Lipinski definition) is 9. The Kier molecular flexibility index (Phi) is 12.2. The van der Waals surface area contributed by atoms with Gasteiger partial charge in [-0.1, -0.05) is 42.5 Å². The molecule has 1 aliphatic heterocycles. The van der Waals surface area contributed by atoms with Crippen LogP contribution in [-0.4, -0.2) is 63.0 Å². The minimum absolute atomic E-state index is 0.0282. The highest BCUT2D eigenvalue weighted by Crippen LogP contribution is 2.34. The summed E-state index contributed by atoms with van der Waals surface area (Å²) in [6.45, 7) is 0.878. The second-order valence-corrected chi connectivity index (χ2v) is 9.12. The van der Waals surface area contributed by atoms with E-state index in [9.17, 15) is 4.79 Å². The molecule has 0 unspecified atom stereocenters. The molecule has 0 saturated carbocycles. The monoisotopic (exact) mass is 585 g/mol. The van der Waals surface area contributed by atoms with Crippen LogP contribution in [0.1, 0.15) is 22.7 Å². The molecular formula is C30H31N7O6. The van der Waals surface area contributed by atoms with Gasteiger partial charge in [-0.25, -0.2) is 4.98 Å². The van der Waals surface area contributed by atoms with Crippen molar-refractivity contribution in [3.05, 3.63) is 95.9 Å². The van der Waals surface area contributed by atoms with Gasteiger partial charge in [0.05, 0.1) is 36.1 Å². The Bertz CT molecular complexity index is 1510. The molecule has 0 saturated heterocycles. The van der Waals surface area contributed by atoms with Crippen molar-refractivity contribution in [1.82, 2.24) is 20.1 Å². The minimum Gasteiger partial charge on any atom is -0.483 e. The van der Waals surface area contributed by atoms with E-state index in [1.165, 1.54) is 10.2 Å². The van der Waals surface area contributed by atoms with Gasteiger partial charge in [0.25, 0.3) is 12.9 Å². The average Bonchev–Trinajstić information content (AvgIpc) is 3.48. The molecular weight excluding hydrogens is 554 g/mol. The zero-order valence-electron chi connectivity index (χ0n) is 23.0. The van der Waals surface area contributed by atoms with Crippen molar-refractivity contribution in [2.24, 2.45) is 5.73 Å². The second kappa shape index (κ2) is 16.5. The average molecular weight is 586 g/mol. The molecule has 13 nitrogen and oxygen atoms in total.